The van der Waals surface area contributed by atoms with E-state index in [1.807, 2.05) is 30.3 Å². The van der Waals surface area contributed by atoms with E-state index in [2.05, 4.69) is 4.98 Å². The predicted molar refractivity (Wildman–Crippen MR) is 128 cm³/mol. The van der Waals surface area contributed by atoms with Gasteiger partial charge in [0.2, 0.25) is 0 Å². The summed E-state index contributed by atoms with van der Waals surface area (Å²) in [7, 11) is -27.8. The number of nitrogens with one attached hydrogen (secondary N) is 1. The van der Waals surface area contributed by atoms with Crippen LogP contribution in [-0.4, -0.2) is 93.1 Å². The third kappa shape index (κ3) is 147. The fourth-order valence-corrected chi connectivity index (χ4v) is 1.10. The lowest BCUT2D eigenvalue weighted by molar-refractivity contribution is 0.272. The normalized spacial score (nSPS) is 11.4. The van der Waals surface area contributed by atoms with Gasteiger partial charge in [-0.15, -0.1) is 0 Å². The van der Waals surface area contributed by atoms with E-state index >= 15 is 0 Å². The van der Waals surface area contributed by atoms with Crippen LogP contribution in [0.25, 0.3) is 10.9 Å². The van der Waals surface area contributed by atoms with Crippen molar-refractivity contribution >= 4 is 63.7 Å². The lowest BCUT2D eigenvalue weighted by Crippen LogP contribution is -1.80. The molecule has 0 spiro atoms. The van der Waals surface area contributed by atoms with Crippen molar-refractivity contribution in [2.75, 3.05) is 5.73 Å². The van der Waals surface area contributed by atoms with Gasteiger partial charge in [-0.3, -0.25) is 0 Å². The maximum Gasteiger partial charge on any atom is 0.466 e. The Morgan fingerprint density at radius 3 is 0.850 bits per heavy atom. The zero-order valence-corrected chi connectivity index (χ0v) is 24.0. The van der Waals surface area contributed by atoms with E-state index in [-0.39, 0.29) is 0 Å². The number of aromatic amines is 1. The first-order valence-corrected chi connectivity index (χ1v) is 17.3. The Morgan fingerprint density at radius 2 is 0.650 bits per heavy atom. The number of phosphoric acid groups is 6. The first kappa shape index (κ1) is 48.9. The molecule has 0 fully saturated rings. The second-order valence-electron chi connectivity index (χ2n) is 5.39. The van der Waals surface area contributed by atoms with Gasteiger partial charge in [-0.05, 0) is 12.1 Å². The van der Waals surface area contributed by atoms with Gasteiger partial charge in [-0.2, -0.15) is 0 Å². The van der Waals surface area contributed by atoms with Crippen molar-refractivity contribution in [3.05, 3.63) is 30.3 Å². The van der Waals surface area contributed by atoms with Crippen molar-refractivity contribution in [3.63, 3.8) is 0 Å². The fraction of sp³-hybridized carbons (Fsp3) is 0. The minimum Gasteiger partial charge on any atom is -0.385 e. The molecule has 26 nitrogen and oxygen atoms in total. The molecule has 0 unspecified atom stereocenters. The van der Waals surface area contributed by atoms with Gasteiger partial charge in [0.1, 0.15) is 5.82 Å². The van der Waals surface area contributed by atoms with Crippen LogP contribution in [0.1, 0.15) is 0 Å². The molecule has 0 aliphatic heterocycles. The Hall–Kier alpha value is -0.780. The highest BCUT2D eigenvalue weighted by Gasteiger charge is 2.02. The molecule has 0 saturated heterocycles. The molecule has 242 valence electrons. The number of aromatic nitrogens is 1. The largest absolute Gasteiger partial charge is 0.466 e. The van der Waals surface area contributed by atoms with Crippen molar-refractivity contribution in [1.82, 2.24) is 4.98 Å². The molecule has 2 aromatic rings. The highest BCUT2D eigenvalue weighted by Crippen LogP contribution is 2.27. The van der Waals surface area contributed by atoms with Crippen LogP contribution in [0.15, 0.2) is 30.3 Å². The minimum absolute atomic E-state index is 0.723. The highest BCUT2D eigenvalue weighted by molar-refractivity contribution is 7.46. The van der Waals surface area contributed by atoms with E-state index in [0.29, 0.717) is 0 Å². The van der Waals surface area contributed by atoms with Crippen LogP contribution in [0.4, 0.5) is 5.82 Å². The molecule has 0 aliphatic rings. The Labute approximate surface area is 220 Å². The zero-order valence-electron chi connectivity index (χ0n) is 18.6. The van der Waals surface area contributed by atoms with Crippen molar-refractivity contribution < 1.29 is 115 Å². The maximum atomic E-state index is 8.88. The second kappa shape index (κ2) is 21.0. The molecular formula is C8H26N2O24P6. The molecular weight excluding hydrogens is 694 g/mol. The quantitative estimate of drug-likeness (QED) is 0.116. The van der Waals surface area contributed by atoms with Gasteiger partial charge in [-0.25, -0.2) is 27.4 Å². The van der Waals surface area contributed by atoms with Gasteiger partial charge >= 0.3 is 46.9 Å². The summed E-state index contributed by atoms with van der Waals surface area (Å²) in [5.74, 6) is 0.723. The SMILES string of the molecule is Nc1cc2ccccc2[nH]1.O=P(O)(O)O.O=P(O)(O)O.O=P(O)(O)O.O=P(O)(O)O.O=P(O)(O)O.O=P(O)(O)O. The maximum absolute atomic E-state index is 8.88. The van der Waals surface area contributed by atoms with Gasteiger partial charge in [0.05, 0.1) is 0 Å². The molecule has 21 N–H and O–H groups in total. The number of fused-ring (bicyclic) bond motifs is 1. The average molecular weight is 720 g/mol. The molecule has 0 radical (unpaired) electrons. The van der Waals surface area contributed by atoms with Crippen LogP contribution in [0.5, 0.6) is 0 Å². The summed E-state index contributed by atoms with van der Waals surface area (Å²) in [5.41, 5.74) is 6.63. The number of nitrogens with two attached hydrogens (primary N) is 1. The molecule has 1 heterocycles. The monoisotopic (exact) mass is 720 g/mol. The molecule has 0 atom stereocenters. The Kier molecular flexibility index (Phi) is 25.7. The molecule has 1 aromatic heterocycles. The number of H-pyrrole nitrogens is 1. The standard InChI is InChI=1S/C8H8N2.6H3O4P/c9-8-5-6-3-1-2-4-7(6)10-8;6*1-5(2,3)4/h1-5,10H,9H2;6*(H3,1,2,3,4). The average Bonchev–Trinajstić information content (AvgIpc) is 2.84. The van der Waals surface area contributed by atoms with Crippen LogP contribution >= 0.6 is 46.9 Å². The molecule has 40 heavy (non-hydrogen) atoms. The van der Waals surface area contributed by atoms with Gasteiger partial charge < -0.3 is 98.8 Å². The third-order valence-electron chi connectivity index (χ3n) is 1.55. The molecule has 0 amide bonds. The number of para-hydroxylation sites is 1. The summed E-state index contributed by atoms with van der Waals surface area (Å²) < 4.78 is 53.3. The number of nitrogen functional groups attached to an aromatic ring is 1. The van der Waals surface area contributed by atoms with Crippen LogP contribution < -0.4 is 5.73 Å². The van der Waals surface area contributed by atoms with Gasteiger partial charge in [0, 0.05) is 10.9 Å². The number of hydrogen-bond acceptors (Lipinski definition) is 7. The van der Waals surface area contributed by atoms with E-state index in [9.17, 15) is 0 Å². The number of hydrogen-bond donors (Lipinski definition) is 20. The fourth-order valence-electron chi connectivity index (χ4n) is 1.10. The Bertz CT molecular complexity index is 985. The van der Waals surface area contributed by atoms with E-state index in [0.717, 1.165) is 11.3 Å². The smallest absolute Gasteiger partial charge is 0.385 e. The zero-order chi connectivity index (χ0) is 34.0. The van der Waals surface area contributed by atoms with E-state index in [4.69, 9.17) is 121 Å². The molecule has 32 heteroatoms. The van der Waals surface area contributed by atoms with Crippen LogP contribution in [0.2, 0.25) is 0 Å². The van der Waals surface area contributed by atoms with Gasteiger partial charge in [0.15, 0.2) is 0 Å². The lowest BCUT2D eigenvalue weighted by Gasteiger charge is -1.83. The predicted octanol–water partition coefficient (Wildman–Crippen LogP) is -3.82. The van der Waals surface area contributed by atoms with Gasteiger partial charge in [0.25, 0.3) is 0 Å². The van der Waals surface area contributed by atoms with Gasteiger partial charge in [-0.1, -0.05) is 18.2 Å². The summed E-state index contributed by atoms with van der Waals surface area (Å²) in [6, 6.07) is 9.94. The first-order valence-electron chi connectivity index (χ1n) is 7.89. The number of rotatable bonds is 0. The molecule has 2 rings (SSSR count). The van der Waals surface area contributed by atoms with Crippen LogP contribution in [0, 0.1) is 0 Å². The minimum atomic E-state index is -4.64. The summed E-state index contributed by atoms with van der Waals surface area (Å²) in [6.07, 6.45) is 0. The number of benzene rings is 1. The summed E-state index contributed by atoms with van der Waals surface area (Å²) in [5, 5.41) is 1.17. The highest BCUT2D eigenvalue weighted by atomic mass is 31.2. The Morgan fingerprint density at radius 1 is 0.450 bits per heavy atom. The van der Waals surface area contributed by atoms with E-state index in [1.165, 1.54) is 5.39 Å². The second-order valence-corrected chi connectivity index (χ2v) is 11.6. The molecule has 0 bridgehead atoms. The van der Waals surface area contributed by atoms with Crippen molar-refractivity contribution in [2.45, 2.75) is 0 Å². The summed E-state index contributed by atoms with van der Waals surface area (Å²) in [4.78, 5) is 132. The van der Waals surface area contributed by atoms with Crippen molar-refractivity contribution in [2.24, 2.45) is 0 Å². The summed E-state index contributed by atoms with van der Waals surface area (Å²) >= 11 is 0. The van der Waals surface area contributed by atoms with E-state index in [1.54, 1.807) is 0 Å². The molecule has 0 aliphatic carbocycles. The lowest BCUT2D eigenvalue weighted by atomic mass is 10.3. The summed E-state index contributed by atoms with van der Waals surface area (Å²) in [6.45, 7) is 0. The first-order chi connectivity index (χ1) is 16.9. The molecule has 0 saturated carbocycles. The van der Waals surface area contributed by atoms with Crippen LogP contribution in [0.3, 0.4) is 0 Å². The van der Waals surface area contributed by atoms with E-state index < -0.39 is 46.9 Å². The molecule has 1 aromatic carbocycles. The third-order valence-corrected chi connectivity index (χ3v) is 1.55. The van der Waals surface area contributed by atoms with Crippen LogP contribution in [-0.2, 0) is 27.4 Å². The number of anilines is 1. The Balaban J connectivity index is -0.000000123. The topological polar surface area (TPSA) is 508 Å². The van der Waals surface area contributed by atoms with Crippen molar-refractivity contribution in [3.8, 4) is 0 Å². The van der Waals surface area contributed by atoms with Crippen molar-refractivity contribution in [1.29, 1.82) is 0 Å².